The Bertz CT molecular complexity index is 593. The lowest BCUT2D eigenvalue weighted by molar-refractivity contribution is 0.0830. The lowest BCUT2D eigenvalue weighted by atomic mass is 9.89. The minimum absolute atomic E-state index is 0.126. The van der Waals surface area contributed by atoms with Gasteiger partial charge in [-0.1, -0.05) is 36.7 Å². The SMILES string of the molecule is CC(C)(C)C(=O)c1cc2cc(Br)cc(F)c2o1. The highest BCUT2D eigenvalue weighted by Crippen LogP contribution is 2.29. The Kier molecular flexibility index (Phi) is 2.86. The number of carbonyl (C=O) groups excluding carboxylic acids is 1. The molecule has 1 heterocycles. The lowest BCUT2D eigenvalue weighted by Crippen LogP contribution is -2.19. The molecular formula is C13H12BrFO2. The molecule has 0 fully saturated rings. The first kappa shape index (κ1) is 12.3. The summed E-state index contributed by atoms with van der Waals surface area (Å²) in [5.74, 6) is -0.406. The molecule has 0 aliphatic carbocycles. The first-order valence-corrected chi connectivity index (χ1v) is 6.02. The zero-order valence-corrected chi connectivity index (χ0v) is 11.4. The number of Topliss-reactive ketones (excluding diaryl/α,β-unsaturated/α-hetero) is 1. The third-order valence-electron chi connectivity index (χ3n) is 2.44. The molecule has 0 unspecified atom stereocenters. The third kappa shape index (κ3) is 2.27. The molecule has 0 radical (unpaired) electrons. The van der Waals surface area contributed by atoms with Gasteiger partial charge in [0.1, 0.15) is 0 Å². The van der Waals surface area contributed by atoms with Crippen LogP contribution in [0.15, 0.2) is 27.1 Å². The van der Waals surface area contributed by atoms with E-state index in [-0.39, 0.29) is 17.1 Å². The van der Waals surface area contributed by atoms with Gasteiger partial charge in [0.15, 0.2) is 17.2 Å². The Morgan fingerprint density at radius 1 is 1.29 bits per heavy atom. The van der Waals surface area contributed by atoms with E-state index in [4.69, 9.17) is 4.42 Å². The lowest BCUT2D eigenvalue weighted by Gasteiger charge is -2.13. The quantitative estimate of drug-likeness (QED) is 0.722. The van der Waals surface area contributed by atoms with Crippen molar-refractivity contribution in [3.05, 3.63) is 34.2 Å². The number of carbonyl (C=O) groups is 1. The molecule has 0 aliphatic rings. The molecule has 0 aliphatic heterocycles. The maximum atomic E-state index is 13.6. The second-order valence-electron chi connectivity index (χ2n) is 5.00. The summed E-state index contributed by atoms with van der Waals surface area (Å²) in [5.41, 5.74) is -0.414. The molecule has 17 heavy (non-hydrogen) atoms. The number of hydrogen-bond acceptors (Lipinski definition) is 2. The molecule has 0 saturated carbocycles. The standard InChI is InChI=1S/C13H12BrFO2/c1-13(2,3)12(16)10-5-7-4-8(14)6-9(15)11(7)17-10/h4-6H,1-3H3. The highest BCUT2D eigenvalue weighted by Gasteiger charge is 2.26. The van der Waals surface area contributed by atoms with Crippen LogP contribution >= 0.6 is 15.9 Å². The van der Waals surface area contributed by atoms with Gasteiger partial charge >= 0.3 is 0 Å². The van der Waals surface area contributed by atoms with Crippen LogP contribution < -0.4 is 0 Å². The monoisotopic (exact) mass is 298 g/mol. The third-order valence-corrected chi connectivity index (χ3v) is 2.90. The molecule has 1 aromatic heterocycles. The van der Waals surface area contributed by atoms with E-state index in [1.165, 1.54) is 6.07 Å². The molecule has 1 aromatic carbocycles. The fourth-order valence-corrected chi connectivity index (χ4v) is 2.00. The van der Waals surface area contributed by atoms with E-state index in [2.05, 4.69) is 15.9 Å². The fraction of sp³-hybridized carbons (Fsp3) is 0.308. The van der Waals surface area contributed by atoms with E-state index in [9.17, 15) is 9.18 Å². The van der Waals surface area contributed by atoms with Crippen molar-refractivity contribution in [2.75, 3.05) is 0 Å². The molecule has 0 amide bonds. The predicted octanol–water partition coefficient (Wildman–Crippen LogP) is 4.56. The Labute approximate surface area is 107 Å². The van der Waals surface area contributed by atoms with Crippen molar-refractivity contribution in [1.82, 2.24) is 0 Å². The van der Waals surface area contributed by atoms with E-state index in [1.54, 1.807) is 32.9 Å². The fourth-order valence-electron chi connectivity index (χ4n) is 1.56. The normalized spacial score (nSPS) is 12.1. The highest BCUT2D eigenvalue weighted by molar-refractivity contribution is 9.10. The number of hydrogen-bond donors (Lipinski definition) is 0. The predicted molar refractivity (Wildman–Crippen MR) is 67.7 cm³/mol. The Hall–Kier alpha value is -1.16. The van der Waals surface area contributed by atoms with E-state index < -0.39 is 11.2 Å². The zero-order valence-electron chi connectivity index (χ0n) is 9.80. The van der Waals surface area contributed by atoms with Crippen LogP contribution in [0.2, 0.25) is 0 Å². The van der Waals surface area contributed by atoms with Crippen LogP contribution in [-0.4, -0.2) is 5.78 Å². The average molecular weight is 299 g/mol. The van der Waals surface area contributed by atoms with Crippen molar-refractivity contribution in [1.29, 1.82) is 0 Å². The van der Waals surface area contributed by atoms with Crippen molar-refractivity contribution in [2.45, 2.75) is 20.8 Å². The van der Waals surface area contributed by atoms with Crippen LogP contribution in [-0.2, 0) is 0 Å². The van der Waals surface area contributed by atoms with Gasteiger partial charge in [-0.2, -0.15) is 0 Å². The van der Waals surface area contributed by atoms with Crippen LogP contribution in [0, 0.1) is 11.2 Å². The summed E-state index contributed by atoms with van der Waals surface area (Å²) in [6, 6.07) is 4.62. The molecule has 2 nitrogen and oxygen atoms in total. The minimum atomic E-state index is -0.540. The van der Waals surface area contributed by atoms with Crippen molar-refractivity contribution >= 4 is 32.7 Å². The molecule has 90 valence electrons. The molecule has 0 atom stereocenters. The van der Waals surface area contributed by atoms with Crippen molar-refractivity contribution in [3.8, 4) is 0 Å². The summed E-state index contributed by atoms with van der Waals surface area (Å²) in [7, 11) is 0. The van der Waals surface area contributed by atoms with Gasteiger partial charge in [-0.25, -0.2) is 4.39 Å². The summed E-state index contributed by atoms with van der Waals surface area (Å²) >= 11 is 3.20. The summed E-state index contributed by atoms with van der Waals surface area (Å²) < 4.78 is 19.5. The maximum Gasteiger partial charge on any atom is 0.203 e. The second kappa shape index (κ2) is 3.95. The first-order valence-electron chi connectivity index (χ1n) is 5.22. The Morgan fingerprint density at radius 2 is 1.94 bits per heavy atom. The summed E-state index contributed by atoms with van der Waals surface area (Å²) in [6.45, 7) is 5.40. The molecular weight excluding hydrogens is 287 g/mol. The summed E-state index contributed by atoms with van der Waals surface area (Å²) in [4.78, 5) is 12.0. The summed E-state index contributed by atoms with van der Waals surface area (Å²) in [5, 5.41) is 0.587. The number of halogens is 2. The Balaban J connectivity index is 2.60. The highest BCUT2D eigenvalue weighted by atomic mass is 79.9. The van der Waals surface area contributed by atoms with Gasteiger partial charge in [-0.05, 0) is 18.2 Å². The number of benzene rings is 1. The van der Waals surface area contributed by atoms with Crippen LogP contribution in [0.4, 0.5) is 4.39 Å². The number of ketones is 1. The van der Waals surface area contributed by atoms with E-state index in [0.717, 1.165) is 0 Å². The van der Waals surface area contributed by atoms with E-state index in [1.807, 2.05) is 0 Å². The first-order chi connectivity index (χ1) is 7.79. The van der Waals surface area contributed by atoms with Crippen LogP contribution in [0.1, 0.15) is 31.3 Å². The number of furan rings is 1. The van der Waals surface area contributed by atoms with E-state index in [0.29, 0.717) is 9.86 Å². The van der Waals surface area contributed by atoms with Crippen molar-refractivity contribution < 1.29 is 13.6 Å². The largest absolute Gasteiger partial charge is 0.450 e. The van der Waals surface area contributed by atoms with Crippen LogP contribution in [0.25, 0.3) is 11.0 Å². The van der Waals surface area contributed by atoms with Crippen molar-refractivity contribution in [3.63, 3.8) is 0 Å². The van der Waals surface area contributed by atoms with Gasteiger partial charge in [0.2, 0.25) is 5.78 Å². The molecule has 4 heteroatoms. The second-order valence-corrected chi connectivity index (χ2v) is 5.91. The van der Waals surface area contributed by atoms with Gasteiger partial charge < -0.3 is 4.42 Å². The maximum absolute atomic E-state index is 13.6. The molecule has 0 saturated heterocycles. The van der Waals surface area contributed by atoms with Crippen LogP contribution in [0.3, 0.4) is 0 Å². The molecule has 0 spiro atoms. The number of fused-ring (bicyclic) bond motifs is 1. The molecule has 0 bridgehead atoms. The van der Waals surface area contributed by atoms with Gasteiger partial charge in [-0.3, -0.25) is 4.79 Å². The average Bonchev–Trinajstić information content (AvgIpc) is 2.58. The van der Waals surface area contributed by atoms with Crippen LogP contribution in [0.5, 0.6) is 0 Å². The van der Waals surface area contributed by atoms with Gasteiger partial charge in [-0.15, -0.1) is 0 Å². The minimum Gasteiger partial charge on any atom is -0.450 e. The van der Waals surface area contributed by atoms with Gasteiger partial charge in [0.25, 0.3) is 0 Å². The Morgan fingerprint density at radius 3 is 2.53 bits per heavy atom. The molecule has 2 rings (SSSR count). The zero-order chi connectivity index (χ0) is 12.8. The smallest absolute Gasteiger partial charge is 0.203 e. The molecule has 2 aromatic rings. The molecule has 0 N–H and O–H groups in total. The number of rotatable bonds is 1. The topological polar surface area (TPSA) is 30.2 Å². The van der Waals surface area contributed by atoms with Gasteiger partial charge in [0, 0.05) is 15.3 Å². The van der Waals surface area contributed by atoms with Gasteiger partial charge in [0.05, 0.1) is 0 Å². The van der Waals surface area contributed by atoms with Crippen molar-refractivity contribution in [2.24, 2.45) is 5.41 Å². The van der Waals surface area contributed by atoms with E-state index >= 15 is 0 Å². The summed E-state index contributed by atoms with van der Waals surface area (Å²) in [6.07, 6.45) is 0.